The van der Waals surface area contributed by atoms with Crippen LogP contribution < -0.4 is 0 Å². The van der Waals surface area contributed by atoms with Gasteiger partial charge in [-0.15, -0.1) is 0 Å². The molecule has 2 nitrogen and oxygen atoms in total. The minimum atomic E-state index is 0.173. The van der Waals surface area contributed by atoms with Crippen LogP contribution in [0.5, 0.6) is 0 Å². The van der Waals surface area contributed by atoms with Crippen LogP contribution in [0.25, 0.3) is 10.9 Å². The molecule has 0 aliphatic rings. The smallest absolute Gasteiger partial charge is 0.0513 e. The minimum absolute atomic E-state index is 0.173. The van der Waals surface area contributed by atoms with Crippen molar-refractivity contribution in [1.29, 1.82) is 0 Å². The Kier molecular flexibility index (Phi) is 2.10. The van der Waals surface area contributed by atoms with E-state index in [2.05, 4.69) is 50.4 Å². The highest BCUT2D eigenvalue weighted by Gasteiger charge is 2.22. The second-order valence-electron chi connectivity index (χ2n) is 5.16. The van der Waals surface area contributed by atoms with Gasteiger partial charge in [-0.05, 0) is 24.0 Å². The highest BCUT2D eigenvalue weighted by Crippen LogP contribution is 2.33. The van der Waals surface area contributed by atoms with Crippen molar-refractivity contribution in [2.75, 3.05) is 0 Å². The zero-order valence-corrected chi connectivity index (χ0v) is 10.1. The average Bonchev–Trinajstić information content (AvgIpc) is 2.39. The second-order valence-corrected chi connectivity index (χ2v) is 5.16. The van der Waals surface area contributed by atoms with E-state index in [0.29, 0.717) is 0 Å². The van der Waals surface area contributed by atoms with Gasteiger partial charge < -0.3 is 4.57 Å². The summed E-state index contributed by atoms with van der Waals surface area (Å²) in [5.41, 5.74) is 4.19. The Labute approximate surface area is 90.9 Å². The number of pyridine rings is 1. The van der Waals surface area contributed by atoms with Gasteiger partial charge in [-0.2, -0.15) is 0 Å². The molecule has 0 atom stereocenters. The topological polar surface area (TPSA) is 17.8 Å². The van der Waals surface area contributed by atoms with Crippen molar-refractivity contribution in [2.24, 2.45) is 7.05 Å². The van der Waals surface area contributed by atoms with Gasteiger partial charge in [0.2, 0.25) is 0 Å². The van der Waals surface area contributed by atoms with Gasteiger partial charge in [0.25, 0.3) is 0 Å². The maximum absolute atomic E-state index is 4.23. The minimum Gasteiger partial charge on any atom is -0.348 e. The van der Waals surface area contributed by atoms with Crippen molar-refractivity contribution in [1.82, 2.24) is 9.55 Å². The van der Waals surface area contributed by atoms with Crippen molar-refractivity contribution < 1.29 is 0 Å². The summed E-state index contributed by atoms with van der Waals surface area (Å²) in [5, 5.41) is 1.28. The average molecular weight is 202 g/mol. The first-order valence-corrected chi connectivity index (χ1v) is 5.32. The lowest BCUT2D eigenvalue weighted by Gasteiger charge is -2.19. The number of nitrogens with zero attached hydrogens (tertiary/aromatic N) is 2. The van der Waals surface area contributed by atoms with E-state index in [0.717, 1.165) is 0 Å². The zero-order valence-electron chi connectivity index (χ0n) is 10.1. The molecule has 15 heavy (non-hydrogen) atoms. The molecule has 0 radical (unpaired) electrons. The predicted molar refractivity (Wildman–Crippen MR) is 64.2 cm³/mol. The number of fused-ring (bicyclic) bond motifs is 1. The summed E-state index contributed by atoms with van der Waals surface area (Å²) >= 11 is 0. The molecule has 0 aliphatic heterocycles. The number of aromatic nitrogens is 2. The third-order valence-electron chi connectivity index (χ3n) is 3.04. The van der Waals surface area contributed by atoms with Crippen LogP contribution in [0.4, 0.5) is 0 Å². The monoisotopic (exact) mass is 202 g/mol. The van der Waals surface area contributed by atoms with Crippen molar-refractivity contribution in [2.45, 2.75) is 33.1 Å². The van der Waals surface area contributed by atoms with E-state index < -0.39 is 0 Å². The lowest BCUT2D eigenvalue weighted by Crippen LogP contribution is -2.12. The highest BCUT2D eigenvalue weighted by molar-refractivity contribution is 5.85. The molecule has 0 N–H and O–H groups in total. The van der Waals surface area contributed by atoms with E-state index in [9.17, 15) is 0 Å². The molecule has 0 saturated heterocycles. The van der Waals surface area contributed by atoms with Crippen LogP contribution in [-0.4, -0.2) is 9.55 Å². The molecule has 2 aromatic heterocycles. The third kappa shape index (κ3) is 1.44. The Morgan fingerprint density at radius 2 is 1.93 bits per heavy atom. The Balaban J connectivity index is 2.90. The van der Waals surface area contributed by atoms with Gasteiger partial charge >= 0.3 is 0 Å². The van der Waals surface area contributed by atoms with Gasteiger partial charge in [0.1, 0.15) is 0 Å². The van der Waals surface area contributed by atoms with Gasteiger partial charge in [0.15, 0.2) is 0 Å². The van der Waals surface area contributed by atoms with E-state index in [1.807, 2.05) is 12.4 Å². The molecule has 0 saturated carbocycles. The fourth-order valence-corrected chi connectivity index (χ4v) is 2.36. The molecular formula is C13H18N2. The predicted octanol–water partition coefficient (Wildman–Crippen LogP) is 3.18. The number of hydrogen-bond acceptors (Lipinski definition) is 1. The Bertz CT molecular complexity index is 501. The van der Waals surface area contributed by atoms with Crippen LogP contribution in [0.2, 0.25) is 0 Å². The van der Waals surface area contributed by atoms with Gasteiger partial charge in [0.05, 0.1) is 5.52 Å². The lowest BCUT2D eigenvalue weighted by molar-refractivity contribution is 0.587. The normalized spacial score (nSPS) is 12.3. The number of rotatable bonds is 0. The Morgan fingerprint density at radius 1 is 1.27 bits per heavy atom. The fourth-order valence-electron chi connectivity index (χ4n) is 2.36. The zero-order chi connectivity index (χ0) is 11.2. The molecule has 0 fully saturated rings. The van der Waals surface area contributed by atoms with Crippen molar-refractivity contribution in [3.63, 3.8) is 0 Å². The summed E-state index contributed by atoms with van der Waals surface area (Å²) in [5.74, 6) is 0. The second kappa shape index (κ2) is 3.09. The van der Waals surface area contributed by atoms with E-state index in [4.69, 9.17) is 0 Å². The van der Waals surface area contributed by atoms with E-state index in [1.165, 1.54) is 22.2 Å². The van der Waals surface area contributed by atoms with Gasteiger partial charge in [-0.1, -0.05) is 20.8 Å². The molecule has 2 aromatic rings. The van der Waals surface area contributed by atoms with Crippen molar-refractivity contribution in [3.05, 3.63) is 29.7 Å². The quantitative estimate of drug-likeness (QED) is 0.641. The van der Waals surface area contributed by atoms with Crippen molar-refractivity contribution >= 4 is 10.9 Å². The first kappa shape index (κ1) is 10.2. The third-order valence-corrected chi connectivity index (χ3v) is 3.04. The molecule has 0 amide bonds. The van der Waals surface area contributed by atoms with Crippen LogP contribution in [0.3, 0.4) is 0 Å². The van der Waals surface area contributed by atoms with Crippen molar-refractivity contribution in [3.8, 4) is 0 Å². The molecular weight excluding hydrogens is 184 g/mol. The molecule has 0 aromatic carbocycles. The Hall–Kier alpha value is -1.31. The number of hydrogen-bond donors (Lipinski definition) is 0. The SMILES string of the molecule is Cc1c(C(C)(C)C)c2cnccc2n1C. The summed E-state index contributed by atoms with van der Waals surface area (Å²) in [6.07, 6.45) is 3.83. The van der Waals surface area contributed by atoms with E-state index >= 15 is 0 Å². The van der Waals surface area contributed by atoms with Crippen LogP contribution in [0.15, 0.2) is 18.5 Å². The summed E-state index contributed by atoms with van der Waals surface area (Å²) in [6.45, 7) is 8.94. The van der Waals surface area contributed by atoms with Crippen LogP contribution in [0, 0.1) is 6.92 Å². The van der Waals surface area contributed by atoms with Crippen LogP contribution >= 0.6 is 0 Å². The first-order chi connectivity index (χ1) is 6.93. The lowest BCUT2D eigenvalue weighted by atomic mass is 9.85. The summed E-state index contributed by atoms with van der Waals surface area (Å²) < 4.78 is 2.25. The van der Waals surface area contributed by atoms with E-state index in [-0.39, 0.29) is 5.41 Å². The van der Waals surface area contributed by atoms with Crippen LogP contribution in [0.1, 0.15) is 32.0 Å². The first-order valence-electron chi connectivity index (χ1n) is 5.32. The van der Waals surface area contributed by atoms with E-state index in [1.54, 1.807) is 0 Å². The largest absolute Gasteiger partial charge is 0.348 e. The fraction of sp³-hybridized carbons (Fsp3) is 0.462. The highest BCUT2D eigenvalue weighted by atomic mass is 15.0. The maximum atomic E-state index is 4.23. The summed E-state index contributed by atoms with van der Waals surface area (Å²) in [7, 11) is 2.12. The van der Waals surface area contributed by atoms with Gasteiger partial charge in [-0.3, -0.25) is 4.98 Å². The summed E-state index contributed by atoms with van der Waals surface area (Å²) in [6, 6.07) is 2.08. The standard InChI is InChI=1S/C13H18N2/c1-9-12(13(2,3)4)10-8-14-7-6-11(10)15(9)5/h6-8H,1-5H3. The molecule has 0 unspecified atom stereocenters. The summed E-state index contributed by atoms with van der Waals surface area (Å²) in [4.78, 5) is 4.23. The molecule has 2 heteroatoms. The molecule has 0 spiro atoms. The molecule has 0 bridgehead atoms. The molecule has 2 rings (SSSR count). The maximum Gasteiger partial charge on any atom is 0.0513 e. The molecule has 0 aliphatic carbocycles. The number of aryl methyl sites for hydroxylation is 1. The van der Waals surface area contributed by atoms with Crippen LogP contribution in [-0.2, 0) is 12.5 Å². The van der Waals surface area contributed by atoms with Gasteiger partial charge in [0, 0.05) is 30.5 Å². The van der Waals surface area contributed by atoms with Gasteiger partial charge in [-0.25, -0.2) is 0 Å². The molecule has 2 heterocycles. The molecule has 80 valence electrons. The Morgan fingerprint density at radius 3 is 2.53 bits per heavy atom.